The van der Waals surface area contributed by atoms with E-state index >= 15 is 0 Å². The summed E-state index contributed by atoms with van der Waals surface area (Å²) < 4.78 is 8.88. The lowest BCUT2D eigenvalue weighted by molar-refractivity contribution is -0.136. The van der Waals surface area contributed by atoms with Gasteiger partial charge in [0.25, 0.3) is 5.95 Å². The quantitative estimate of drug-likeness (QED) is 0.299. The van der Waals surface area contributed by atoms with Crippen LogP contribution in [0.25, 0.3) is 0 Å². The summed E-state index contributed by atoms with van der Waals surface area (Å²) in [5.74, 6) is -1.05. The fraction of sp³-hybridized carbons (Fsp3) is 0.375. The molecule has 0 fully saturated rings. The zero-order valence-electron chi connectivity index (χ0n) is 7.16. The maximum Gasteiger partial charge on any atom is 0.341 e. The van der Waals surface area contributed by atoms with Crippen LogP contribution in [0.3, 0.4) is 0 Å². The van der Waals surface area contributed by atoms with Crippen LogP contribution in [0.5, 0.6) is 0 Å². The molecule has 0 aromatic rings. The monoisotopic (exact) mass is 172 g/mol. The molecule has 0 rings (SSSR count). The average molecular weight is 172 g/mol. The van der Waals surface area contributed by atoms with Crippen molar-refractivity contribution in [3.8, 4) is 0 Å². The second kappa shape index (κ2) is 5.23. The zero-order valence-corrected chi connectivity index (χ0v) is 7.16. The van der Waals surface area contributed by atoms with Gasteiger partial charge in [-0.25, -0.2) is 4.79 Å². The Balaban J connectivity index is 4.63. The van der Waals surface area contributed by atoms with Crippen LogP contribution in [0.2, 0.25) is 0 Å². The van der Waals surface area contributed by atoms with E-state index in [1.165, 1.54) is 20.3 Å². The van der Waals surface area contributed by atoms with E-state index in [-0.39, 0.29) is 12.0 Å². The van der Waals surface area contributed by atoms with E-state index in [0.717, 1.165) is 0 Å². The maximum atomic E-state index is 10.9. The number of ether oxygens (including phenoxy) is 2. The molecule has 4 heteroatoms. The number of hydrogen-bond donors (Lipinski definition) is 1. The highest BCUT2D eigenvalue weighted by Crippen LogP contribution is 2.09. The van der Waals surface area contributed by atoms with Gasteiger partial charge < -0.3 is 14.6 Å². The number of aliphatic hydroxyl groups excluding tert-OH is 1. The molecule has 0 spiro atoms. The fourth-order valence-electron chi connectivity index (χ4n) is 0.649. The van der Waals surface area contributed by atoms with Gasteiger partial charge in [-0.15, -0.1) is 6.58 Å². The Kier molecular flexibility index (Phi) is 4.60. The minimum absolute atomic E-state index is 0.0648. The summed E-state index contributed by atoms with van der Waals surface area (Å²) in [7, 11) is 2.50. The van der Waals surface area contributed by atoms with Crippen molar-refractivity contribution < 1.29 is 19.4 Å². The molecule has 0 bridgehead atoms. The minimum Gasteiger partial charge on any atom is -0.481 e. The van der Waals surface area contributed by atoms with E-state index < -0.39 is 11.9 Å². The molecule has 0 unspecified atom stereocenters. The van der Waals surface area contributed by atoms with Crippen molar-refractivity contribution in [3.05, 3.63) is 24.2 Å². The van der Waals surface area contributed by atoms with Gasteiger partial charge >= 0.3 is 5.97 Å². The molecular formula is C8H12O4. The number of carbonyl (C=O) groups is 1. The smallest absolute Gasteiger partial charge is 0.341 e. The highest BCUT2D eigenvalue weighted by Gasteiger charge is 2.14. The second-order valence-electron chi connectivity index (χ2n) is 1.97. The first-order chi connectivity index (χ1) is 5.67. The van der Waals surface area contributed by atoms with Gasteiger partial charge in [0.05, 0.1) is 14.2 Å². The molecule has 0 heterocycles. The molecular weight excluding hydrogens is 160 g/mol. The number of allylic oxidation sites excluding steroid dienone is 1. The topological polar surface area (TPSA) is 55.8 Å². The third-order valence-electron chi connectivity index (χ3n) is 1.23. The summed E-state index contributed by atoms with van der Waals surface area (Å²) in [6.07, 6.45) is 1.69. The molecule has 0 saturated heterocycles. The van der Waals surface area contributed by atoms with E-state index in [0.29, 0.717) is 0 Å². The Morgan fingerprint density at radius 3 is 2.42 bits per heavy atom. The van der Waals surface area contributed by atoms with Gasteiger partial charge in [0, 0.05) is 6.42 Å². The minimum atomic E-state index is -0.616. The Labute approximate surface area is 71.1 Å². The van der Waals surface area contributed by atoms with Gasteiger partial charge in [0.15, 0.2) is 0 Å². The molecule has 0 aliphatic carbocycles. The summed E-state index contributed by atoms with van der Waals surface area (Å²) >= 11 is 0. The van der Waals surface area contributed by atoms with Gasteiger partial charge in [-0.2, -0.15) is 0 Å². The molecule has 0 aromatic carbocycles. The van der Waals surface area contributed by atoms with Crippen molar-refractivity contribution in [3.63, 3.8) is 0 Å². The van der Waals surface area contributed by atoms with E-state index in [1.54, 1.807) is 0 Å². The maximum absolute atomic E-state index is 10.9. The van der Waals surface area contributed by atoms with Gasteiger partial charge in [0.2, 0.25) is 0 Å². The summed E-state index contributed by atoms with van der Waals surface area (Å²) in [6, 6.07) is 0. The van der Waals surface area contributed by atoms with Gasteiger partial charge in [-0.3, -0.25) is 0 Å². The predicted octanol–water partition coefficient (Wildman–Crippen LogP) is 1.15. The van der Waals surface area contributed by atoms with Crippen LogP contribution in [0, 0.1) is 0 Å². The highest BCUT2D eigenvalue weighted by atomic mass is 16.6. The van der Waals surface area contributed by atoms with E-state index in [1.807, 2.05) is 0 Å². The number of rotatable bonds is 4. The lowest BCUT2D eigenvalue weighted by atomic mass is 10.2. The molecule has 0 aliphatic heterocycles. The Bertz CT molecular complexity index is 205. The Hall–Kier alpha value is -1.45. The summed E-state index contributed by atoms with van der Waals surface area (Å²) in [6.45, 7) is 3.43. The fourth-order valence-corrected chi connectivity index (χ4v) is 0.649. The number of aliphatic hydroxyl groups is 1. The summed E-state index contributed by atoms with van der Waals surface area (Å²) in [4.78, 5) is 10.9. The van der Waals surface area contributed by atoms with Crippen LogP contribution >= 0.6 is 0 Å². The van der Waals surface area contributed by atoms with E-state index in [2.05, 4.69) is 16.1 Å². The zero-order chi connectivity index (χ0) is 9.56. The number of carbonyl (C=O) groups excluding carboxylic acids is 1. The Morgan fingerprint density at radius 1 is 1.50 bits per heavy atom. The second-order valence-corrected chi connectivity index (χ2v) is 1.97. The first-order valence-corrected chi connectivity index (χ1v) is 3.32. The first kappa shape index (κ1) is 10.6. The molecule has 1 N–H and O–H groups in total. The Morgan fingerprint density at radius 2 is 2.08 bits per heavy atom. The average Bonchev–Trinajstić information content (AvgIpc) is 2.11. The number of esters is 1. The molecule has 0 saturated carbocycles. The van der Waals surface area contributed by atoms with E-state index in [4.69, 9.17) is 5.11 Å². The molecule has 0 aliphatic rings. The van der Waals surface area contributed by atoms with Crippen molar-refractivity contribution in [2.24, 2.45) is 0 Å². The van der Waals surface area contributed by atoms with Crippen molar-refractivity contribution in [1.29, 1.82) is 0 Å². The normalized spacial score (nSPS) is 11.5. The van der Waals surface area contributed by atoms with Crippen LogP contribution < -0.4 is 0 Å². The molecule has 0 amide bonds. The summed E-state index contributed by atoms with van der Waals surface area (Å²) in [5.41, 5.74) is 0.0648. The molecule has 12 heavy (non-hydrogen) atoms. The molecule has 68 valence electrons. The first-order valence-electron chi connectivity index (χ1n) is 3.32. The van der Waals surface area contributed by atoms with Crippen LogP contribution in [0.15, 0.2) is 24.2 Å². The van der Waals surface area contributed by atoms with Crippen LogP contribution in [-0.4, -0.2) is 25.3 Å². The van der Waals surface area contributed by atoms with Crippen LogP contribution in [-0.2, 0) is 14.3 Å². The van der Waals surface area contributed by atoms with Gasteiger partial charge in [0.1, 0.15) is 5.57 Å². The largest absolute Gasteiger partial charge is 0.481 e. The number of methoxy groups -OCH3 is 2. The molecule has 0 aromatic heterocycles. The van der Waals surface area contributed by atoms with Crippen molar-refractivity contribution in [1.82, 2.24) is 0 Å². The van der Waals surface area contributed by atoms with Crippen LogP contribution in [0.1, 0.15) is 6.42 Å². The van der Waals surface area contributed by atoms with Crippen molar-refractivity contribution in [2.75, 3.05) is 14.2 Å². The third kappa shape index (κ3) is 2.65. The lowest BCUT2D eigenvalue weighted by Gasteiger charge is -2.04. The van der Waals surface area contributed by atoms with Crippen molar-refractivity contribution >= 4 is 5.97 Å². The highest BCUT2D eigenvalue weighted by molar-refractivity contribution is 5.88. The standard InChI is InChI=1S/C8H12O4/c1-4-5-6(7(9)11-2)8(10)12-3/h4,9H,1,5H2,2-3H3/b7-6+. The van der Waals surface area contributed by atoms with Gasteiger partial charge in [-0.05, 0) is 0 Å². The van der Waals surface area contributed by atoms with Gasteiger partial charge in [-0.1, -0.05) is 6.08 Å². The molecule has 0 radical (unpaired) electrons. The van der Waals surface area contributed by atoms with Crippen LogP contribution in [0.4, 0.5) is 0 Å². The molecule has 0 atom stereocenters. The van der Waals surface area contributed by atoms with E-state index in [9.17, 15) is 4.79 Å². The van der Waals surface area contributed by atoms with Crippen molar-refractivity contribution in [2.45, 2.75) is 6.42 Å². The third-order valence-corrected chi connectivity index (χ3v) is 1.23. The molecule has 4 nitrogen and oxygen atoms in total. The SMILES string of the molecule is C=CC/C(C(=O)OC)=C(/O)OC. The number of hydrogen-bond acceptors (Lipinski definition) is 4. The summed E-state index contributed by atoms with van der Waals surface area (Å²) in [5, 5.41) is 9.06. The lowest BCUT2D eigenvalue weighted by Crippen LogP contribution is -2.08. The predicted molar refractivity (Wildman–Crippen MR) is 43.5 cm³/mol.